The number of fused-ring (bicyclic) bond motifs is 3. The largest absolute Gasteiger partial charge is 0.300 e. The SMILES string of the molecule is O=C1CC2CCCC(CC2)C1. The Morgan fingerprint density at radius 2 is 1.45 bits per heavy atom. The van der Waals surface area contributed by atoms with Crippen molar-refractivity contribution in [3.63, 3.8) is 0 Å². The zero-order chi connectivity index (χ0) is 7.68. The molecule has 2 rings (SSSR count). The van der Waals surface area contributed by atoms with Gasteiger partial charge in [0.25, 0.3) is 0 Å². The molecular formula is C10H16O. The van der Waals surface area contributed by atoms with Crippen LogP contribution in [0, 0.1) is 11.8 Å². The van der Waals surface area contributed by atoms with E-state index < -0.39 is 0 Å². The van der Waals surface area contributed by atoms with Crippen LogP contribution in [0.25, 0.3) is 0 Å². The van der Waals surface area contributed by atoms with Gasteiger partial charge in [0.05, 0.1) is 0 Å². The molecule has 2 atom stereocenters. The average molecular weight is 152 g/mol. The fourth-order valence-electron chi connectivity index (χ4n) is 2.59. The summed E-state index contributed by atoms with van der Waals surface area (Å²) in [7, 11) is 0. The van der Waals surface area contributed by atoms with E-state index in [4.69, 9.17) is 0 Å². The lowest BCUT2D eigenvalue weighted by Gasteiger charge is -2.13. The quantitative estimate of drug-likeness (QED) is 0.521. The van der Waals surface area contributed by atoms with Gasteiger partial charge in [-0.15, -0.1) is 0 Å². The van der Waals surface area contributed by atoms with Gasteiger partial charge < -0.3 is 0 Å². The van der Waals surface area contributed by atoms with Crippen LogP contribution in [0.5, 0.6) is 0 Å². The third-order valence-corrected chi connectivity index (χ3v) is 3.24. The Hall–Kier alpha value is -0.330. The molecule has 0 saturated heterocycles. The zero-order valence-electron chi connectivity index (χ0n) is 7.01. The van der Waals surface area contributed by atoms with Gasteiger partial charge in [-0.05, 0) is 24.7 Å². The first-order valence-electron chi connectivity index (χ1n) is 4.86. The third kappa shape index (κ3) is 1.63. The van der Waals surface area contributed by atoms with Crippen molar-refractivity contribution >= 4 is 5.78 Å². The minimum Gasteiger partial charge on any atom is -0.300 e. The van der Waals surface area contributed by atoms with Crippen molar-refractivity contribution in [1.82, 2.24) is 0 Å². The van der Waals surface area contributed by atoms with Crippen molar-refractivity contribution in [2.75, 3.05) is 0 Å². The van der Waals surface area contributed by atoms with Gasteiger partial charge in [0.15, 0.2) is 0 Å². The molecule has 1 heteroatoms. The molecule has 2 fully saturated rings. The standard InChI is InChI=1S/C10H16O/c11-10-6-8-2-1-3-9(7-10)5-4-8/h8-9H,1-7H2. The smallest absolute Gasteiger partial charge is 0.133 e. The summed E-state index contributed by atoms with van der Waals surface area (Å²) in [5.74, 6) is 2.06. The maximum absolute atomic E-state index is 11.3. The molecule has 0 aromatic rings. The molecule has 62 valence electrons. The molecule has 0 radical (unpaired) electrons. The Balaban J connectivity index is 2.10. The normalized spacial score (nSPS) is 38.4. The van der Waals surface area contributed by atoms with Gasteiger partial charge in [0, 0.05) is 12.8 Å². The van der Waals surface area contributed by atoms with Gasteiger partial charge in [0.2, 0.25) is 0 Å². The molecule has 0 aromatic heterocycles. The van der Waals surface area contributed by atoms with Crippen LogP contribution < -0.4 is 0 Å². The molecule has 1 nitrogen and oxygen atoms in total. The summed E-state index contributed by atoms with van der Waals surface area (Å²) in [5, 5.41) is 0. The van der Waals surface area contributed by atoms with E-state index in [2.05, 4.69) is 0 Å². The summed E-state index contributed by atoms with van der Waals surface area (Å²) >= 11 is 0. The molecule has 0 aromatic carbocycles. The highest BCUT2D eigenvalue weighted by Crippen LogP contribution is 2.35. The first kappa shape index (κ1) is 7.33. The summed E-state index contributed by atoms with van der Waals surface area (Å²) in [4.78, 5) is 11.3. The fraction of sp³-hybridized carbons (Fsp3) is 0.900. The predicted molar refractivity (Wildman–Crippen MR) is 44.3 cm³/mol. The van der Waals surface area contributed by atoms with E-state index >= 15 is 0 Å². The molecule has 0 amide bonds. The number of Topliss-reactive ketones (excluding diaryl/α,β-unsaturated/α-hetero) is 1. The maximum atomic E-state index is 11.3. The highest BCUT2D eigenvalue weighted by Gasteiger charge is 2.26. The highest BCUT2D eigenvalue weighted by molar-refractivity contribution is 5.79. The summed E-state index contributed by atoms with van der Waals surface area (Å²) in [6, 6.07) is 0. The minimum absolute atomic E-state index is 0.539. The zero-order valence-corrected chi connectivity index (χ0v) is 7.01. The maximum Gasteiger partial charge on any atom is 0.133 e. The summed E-state index contributed by atoms with van der Waals surface area (Å²) in [6.07, 6.45) is 8.48. The lowest BCUT2D eigenvalue weighted by Crippen LogP contribution is -2.09. The van der Waals surface area contributed by atoms with Gasteiger partial charge in [-0.1, -0.05) is 19.3 Å². The Bertz CT molecular complexity index is 146. The minimum atomic E-state index is 0.539. The van der Waals surface area contributed by atoms with Crippen molar-refractivity contribution in [2.45, 2.75) is 44.9 Å². The van der Waals surface area contributed by atoms with E-state index in [0.717, 1.165) is 24.7 Å². The third-order valence-electron chi connectivity index (χ3n) is 3.24. The van der Waals surface area contributed by atoms with Gasteiger partial charge in [0.1, 0.15) is 5.78 Å². The first-order chi connectivity index (χ1) is 5.34. The van der Waals surface area contributed by atoms with Crippen molar-refractivity contribution < 1.29 is 4.79 Å². The molecule has 2 bridgehead atoms. The first-order valence-corrected chi connectivity index (χ1v) is 4.86. The number of rotatable bonds is 0. The van der Waals surface area contributed by atoms with E-state index in [1.807, 2.05) is 0 Å². The van der Waals surface area contributed by atoms with E-state index in [1.165, 1.54) is 32.1 Å². The van der Waals surface area contributed by atoms with Gasteiger partial charge in [-0.25, -0.2) is 0 Å². The fourth-order valence-corrected chi connectivity index (χ4v) is 2.59. The van der Waals surface area contributed by atoms with Crippen LogP contribution in [0.15, 0.2) is 0 Å². The van der Waals surface area contributed by atoms with Crippen LogP contribution in [0.2, 0.25) is 0 Å². The monoisotopic (exact) mass is 152 g/mol. The molecule has 2 aliphatic rings. The average Bonchev–Trinajstić information content (AvgIpc) is 2.19. The number of carbonyl (C=O) groups excluding carboxylic acids is 1. The second kappa shape index (κ2) is 2.96. The van der Waals surface area contributed by atoms with Crippen LogP contribution in [-0.2, 0) is 4.79 Å². The van der Waals surface area contributed by atoms with Gasteiger partial charge >= 0.3 is 0 Å². The molecule has 2 unspecified atom stereocenters. The van der Waals surface area contributed by atoms with Crippen molar-refractivity contribution in [1.29, 1.82) is 0 Å². The van der Waals surface area contributed by atoms with E-state index in [9.17, 15) is 4.79 Å². The Morgan fingerprint density at radius 1 is 0.909 bits per heavy atom. The molecule has 0 heterocycles. The topological polar surface area (TPSA) is 17.1 Å². The Kier molecular flexibility index (Phi) is 1.97. The van der Waals surface area contributed by atoms with E-state index in [0.29, 0.717) is 5.78 Å². The number of carbonyl (C=O) groups is 1. The Morgan fingerprint density at radius 3 is 2.00 bits per heavy atom. The summed E-state index contributed by atoms with van der Waals surface area (Å²) < 4.78 is 0. The second-order valence-electron chi connectivity index (χ2n) is 4.19. The predicted octanol–water partition coefficient (Wildman–Crippen LogP) is 2.55. The van der Waals surface area contributed by atoms with Crippen LogP contribution in [0.3, 0.4) is 0 Å². The molecule has 11 heavy (non-hydrogen) atoms. The number of hydrogen-bond donors (Lipinski definition) is 0. The van der Waals surface area contributed by atoms with E-state index in [1.54, 1.807) is 0 Å². The number of hydrogen-bond acceptors (Lipinski definition) is 1. The molecule has 2 aliphatic carbocycles. The molecule has 2 saturated carbocycles. The van der Waals surface area contributed by atoms with Crippen molar-refractivity contribution in [2.24, 2.45) is 11.8 Å². The lowest BCUT2D eigenvalue weighted by atomic mass is 9.91. The summed E-state index contributed by atoms with van der Waals surface area (Å²) in [5.41, 5.74) is 0. The molecule has 0 N–H and O–H groups in total. The van der Waals surface area contributed by atoms with Crippen LogP contribution in [0.4, 0.5) is 0 Å². The van der Waals surface area contributed by atoms with E-state index in [-0.39, 0.29) is 0 Å². The molecule has 0 aliphatic heterocycles. The second-order valence-corrected chi connectivity index (χ2v) is 4.19. The van der Waals surface area contributed by atoms with Crippen molar-refractivity contribution in [3.05, 3.63) is 0 Å². The van der Waals surface area contributed by atoms with Gasteiger partial charge in [-0.2, -0.15) is 0 Å². The van der Waals surface area contributed by atoms with Crippen LogP contribution in [-0.4, -0.2) is 5.78 Å². The Labute approximate surface area is 68.2 Å². The summed E-state index contributed by atoms with van der Waals surface area (Å²) in [6.45, 7) is 0. The van der Waals surface area contributed by atoms with Crippen LogP contribution >= 0.6 is 0 Å². The van der Waals surface area contributed by atoms with Gasteiger partial charge in [-0.3, -0.25) is 4.79 Å². The lowest BCUT2D eigenvalue weighted by molar-refractivity contribution is -0.120. The molecular weight excluding hydrogens is 136 g/mol. The highest BCUT2D eigenvalue weighted by atomic mass is 16.1. The number of ketones is 1. The molecule has 0 spiro atoms. The van der Waals surface area contributed by atoms with Crippen LogP contribution in [0.1, 0.15) is 44.9 Å². The van der Waals surface area contributed by atoms with Crippen molar-refractivity contribution in [3.8, 4) is 0 Å².